The molecule has 0 aliphatic carbocycles. The molecule has 3 N–H and O–H groups in total. The van der Waals surface area contributed by atoms with Gasteiger partial charge in [-0.2, -0.15) is 0 Å². The van der Waals surface area contributed by atoms with Gasteiger partial charge in [0.25, 0.3) is 0 Å². The molecular weight excluding hydrogens is 249 g/mol. The standard InChI is InChI=1S/C13H12FN3O2/c14-10-6-4-9(5-7-10)8-16-12-3-1-2-11(15)13(12)17(18)19/h1-7,16H,8,15H2. The lowest BCUT2D eigenvalue weighted by Crippen LogP contribution is -2.04. The van der Waals surface area contributed by atoms with E-state index in [0.29, 0.717) is 12.2 Å². The Labute approximate surface area is 109 Å². The highest BCUT2D eigenvalue weighted by atomic mass is 19.1. The fourth-order valence-electron chi connectivity index (χ4n) is 1.71. The van der Waals surface area contributed by atoms with Gasteiger partial charge in [0.2, 0.25) is 0 Å². The van der Waals surface area contributed by atoms with Crippen LogP contribution in [0.15, 0.2) is 42.5 Å². The fourth-order valence-corrected chi connectivity index (χ4v) is 1.71. The van der Waals surface area contributed by atoms with E-state index in [2.05, 4.69) is 5.32 Å². The molecule has 0 atom stereocenters. The fraction of sp³-hybridized carbons (Fsp3) is 0.0769. The summed E-state index contributed by atoms with van der Waals surface area (Å²) in [6.07, 6.45) is 0. The summed E-state index contributed by atoms with van der Waals surface area (Å²) in [5.41, 5.74) is 6.70. The first kappa shape index (κ1) is 12.8. The number of nitrogens with two attached hydrogens (primary N) is 1. The molecule has 98 valence electrons. The second-order valence-electron chi connectivity index (χ2n) is 3.98. The van der Waals surface area contributed by atoms with Crippen molar-refractivity contribution in [2.45, 2.75) is 6.54 Å². The SMILES string of the molecule is Nc1cccc(NCc2ccc(F)cc2)c1[N+](=O)[O-]. The van der Waals surface area contributed by atoms with Gasteiger partial charge in [0.05, 0.1) is 4.92 Å². The number of anilines is 2. The molecule has 6 heteroatoms. The number of halogens is 1. The van der Waals surface area contributed by atoms with Gasteiger partial charge in [-0.15, -0.1) is 0 Å². The van der Waals surface area contributed by atoms with E-state index in [4.69, 9.17) is 5.73 Å². The Balaban J connectivity index is 2.18. The quantitative estimate of drug-likeness (QED) is 0.503. The van der Waals surface area contributed by atoms with Gasteiger partial charge >= 0.3 is 5.69 Å². The van der Waals surface area contributed by atoms with E-state index in [1.807, 2.05) is 0 Å². The molecule has 0 saturated carbocycles. The van der Waals surface area contributed by atoms with Crippen LogP contribution >= 0.6 is 0 Å². The molecule has 0 aliphatic rings. The number of nitrogen functional groups attached to an aromatic ring is 1. The van der Waals surface area contributed by atoms with Crippen molar-refractivity contribution in [2.75, 3.05) is 11.1 Å². The highest BCUT2D eigenvalue weighted by Gasteiger charge is 2.17. The number of nitro groups is 1. The second-order valence-corrected chi connectivity index (χ2v) is 3.98. The van der Waals surface area contributed by atoms with Crippen molar-refractivity contribution in [1.29, 1.82) is 0 Å². The third kappa shape index (κ3) is 2.98. The summed E-state index contributed by atoms with van der Waals surface area (Å²) in [6, 6.07) is 10.6. The van der Waals surface area contributed by atoms with Crippen LogP contribution in [0.1, 0.15) is 5.56 Å². The third-order valence-electron chi connectivity index (χ3n) is 2.65. The summed E-state index contributed by atoms with van der Waals surface area (Å²) in [6.45, 7) is 0.352. The predicted octanol–water partition coefficient (Wildman–Crippen LogP) is 2.93. The van der Waals surface area contributed by atoms with Crippen molar-refractivity contribution < 1.29 is 9.31 Å². The molecule has 0 amide bonds. The second kappa shape index (κ2) is 5.34. The highest BCUT2D eigenvalue weighted by molar-refractivity contribution is 5.74. The van der Waals surface area contributed by atoms with Crippen LogP contribution in [0.4, 0.5) is 21.5 Å². The monoisotopic (exact) mass is 261 g/mol. The molecule has 0 saturated heterocycles. The molecule has 2 aromatic carbocycles. The zero-order valence-corrected chi connectivity index (χ0v) is 9.97. The Morgan fingerprint density at radius 3 is 2.53 bits per heavy atom. The first-order valence-electron chi connectivity index (χ1n) is 5.59. The minimum Gasteiger partial charge on any atom is -0.393 e. The van der Waals surface area contributed by atoms with E-state index in [9.17, 15) is 14.5 Å². The van der Waals surface area contributed by atoms with Gasteiger partial charge in [-0.05, 0) is 29.8 Å². The molecule has 2 aromatic rings. The average Bonchev–Trinajstić information content (AvgIpc) is 2.37. The topological polar surface area (TPSA) is 81.2 Å². The Bertz CT molecular complexity index is 599. The van der Waals surface area contributed by atoms with Crippen LogP contribution in [-0.4, -0.2) is 4.92 Å². The number of nitrogens with zero attached hydrogens (tertiary/aromatic N) is 1. The molecule has 0 unspecified atom stereocenters. The number of para-hydroxylation sites is 1. The zero-order valence-electron chi connectivity index (χ0n) is 9.97. The van der Waals surface area contributed by atoms with Crippen LogP contribution in [-0.2, 0) is 6.54 Å². The summed E-state index contributed by atoms with van der Waals surface area (Å²) in [4.78, 5) is 10.4. The number of hydrogen-bond donors (Lipinski definition) is 2. The maximum Gasteiger partial charge on any atom is 0.314 e. The normalized spacial score (nSPS) is 10.2. The summed E-state index contributed by atoms with van der Waals surface area (Å²) < 4.78 is 12.7. The van der Waals surface area contributed by atoms with Crippen LogP contribution < -0.4 is 11.1 Å². The molecular formula is C13H12FN3O2. The third-order valence-corrected chi connectivity index (χ3v) is 2.65. The van der Waals surface area contributed by atoms with Crippen LogP contribution in [0.3, 0.4) is 0 Å². The van der Waals surface area contributed by atoms with Gasteiger partial charge in [-0.3, -0.25) is 10.1 Å². The van der Waals surface area contributed by atoms with Gasteiger partial charge in [-0.25, -0.2) is 4.39 Å². The van der Waals surface area contributed by atoms with Gasteiger partial charge in [-0.1, -0.05) is 18.2 Å². The van der Waals surface area contributed by atoms with Crippen molar-refractivity contribution in [3.05, 3.63) is 64.0 Å². The molecule has 2 rings (SSSR count). The van der Waals surface area contributed by atoms with Gasteiger partial charge in [0.1, 0.15) is 17.2 Å². The van der Waals surface area contributed by atoms with Gasteiger partial charge in [0.15, 0.2) is 0 Å². The van der Waals surface area contributed by atoms with E-state index in [1.54, 1.807) is 24.3 Å². The average molecular weight is 261 g/mol. The Morgan fingerprint density at radius 2 is 1.89 bits per heavy atom. The molecule has 0 aliphatic heterocycles. The van der Waals surface area contributed by atoms with Crippen molar-refractivity contribution in [3.63, 3.8) is 0 Å². The maximum atomic E-state index is 12.7. The molecule has 5 nitrogen and oxygen atoms in total. The molecule has 0 bridgehead atoms. The lowest BCUT2D eigenvalue weighted by atomic mass is 10.2. The van der Waals surface area contributed by atoms with Crippen molar-refractivity contribution in [2.24, 2.45) is 0 Å². The molecule has 0 fully saturated rings. The predicted molar refractivity (Wildman–Crippen MR) is 71.2 cm³/mol. The van der Waals surface area contributed by atoms with Crippen molar-refractivity contribution >= 4 is 17.1 Å². The Kier molecular flexibility index (Phi) is 3.61. The molecule has 19 heavy (non-hydrogen) atoms. The van der Waals surface area contributed by atoms with Crippen LogP contribution in [0.5, 0.6) is 0 Å². The molecule has 0 heterocycles. The van der Waals surface area contributed by atoms with Gasteiger partial charge < -0.3 is 11.1 Å². The van der Waals surface area contributed by atoms with E-state index in [0.717, 1.165) is 5.56 Å². The summed E-state index contributed by atoms with van der Waals surface area (Å²) in [5.74, 6) is -0.321. The lowest BCUT2D eigenvalue weighted by Gasteiger charge is -2.08. The Hall–Kier alpha value is -2.63. The molecule has 0 spiro atoms. The van der Waals surface area contributed by atoms with E-state index >= 15 is 0 Å². The Morgan fingerprint density at radius 1 is 1.21 bits per heavy atom. The van der Waals surface area contributed by atoms with Crippen LogP contribution in [0.25, 0.3) is 0 Å². The van der Waals surface area contributed by atoms with E-state index in [-0.39, 0.29) is 17.2 Å². The van der Waals surface area contributed by atoms with Crippen molar-refractivity contribution in [1.82, 2.24) is 0 Å². The largest absolute Gasteiger partial charge is 0.393 e. The first-order valence-corrected chi connectivity index (χ1v) is 5.59. The minimum atomic E-state index is -0.525. The lowest BCUT2D eigenvalue weighted by molar-refractivity contribution is -0.383. The van der Waals surface area contributed by atoms with E-state index < -0.39 is 4.92 Å². The number of nitro benzene ring substituents is 1. The smallest absolute Gasteiger partial charge is 0.314 e. The number of hydrogen-bond acceptors (Lipinski definition) is 4. The minimum absolute atomic E-state index is 0.106. The molecule has 0 aromatic heterocycles. The van der Waals surface area contributed by atoms with E-state index in [1.165, 1.54) is 18.2 Å². The first-order chi connectivity index (χ1) is 9.08. The number of nitrogens with one attached hydrogen (secondary N) is 1. The van der Waals surface area contributed by atoms with Crippen LogP contribution in [0, 0.1) is 15.9 Å². The number of rotatable bonds is 4. The van der Waals surface area contributed by atoms with Crippen molar-refractivity contribution in [3.8, 4) is 0 Å². The summed E-state index contributed by atoms with van der Waals surface area (Å²) in [7, 11) is 0. The highest BCUT2D eigenvalue weighted by Crippen LogP contribution is 2.30. The number of benzene rings is 2. The zero-order chi connectivity index (χ0) is 13.8. The molecule has 0 radical (unpaired) electrons. The summed E-state index contributed by atoms with van der Waals surface area (Å²) >= 11 is 0. The van der Waals surface area contributed by atoms with Gasteiger partial charge in [0, 0.05) is 6.54 Å². The maximum absolute atomic E-state index is 12.7. The summed E-state index contributed by atoms with van der Waals surface area (Å²) in [5, 5.41) is 13.9. The van der Waals surface area contributed by atoms with Crippen LogP contribution in [0.2, 0.25) is 0 Å².